The number of carbonyl (C=O) groups excluding carboxylic acids is 1. The number of aryl methyl sites for hydroxylation is 2. The van der Waals surface area contributed by atoms with Gasteiger partial charge in [0.1, 0.15) is 11.6 Å². The van der Waals surface area contributed by atoms with Crippen LogP contribution in [-0.2, 0) is 17.8 Å². The van der Waals surface area contributed by atoms with Gasteiger partial charge in [-0.15, -0.1) is 10.2 Å². The van der Waals surface area contributed by atoms with Crippen LogP contribution >= 0.6 is 0 Å². The van der Waals surface area contributed by atoms with Gasteiger partial charge in [0, 0.05) is 19.0 Å². The molecular formula is C21H22N4O. The van der Waals surface area contributed by atoms with Crippen LogP contribution in [0.5, 0.6) is 0 Å². The molecule has 0 saturated heterocycles. The number of carbonyl (C=O) groups is 1. The number of nitrogens with zero attached hydrogens (tertiary/aromatic N) is 3. The van der Waals surface area contributed by atoms with Gasteiger partial charge >= 0.3 is 0 Å². The molecule has 3 aromatic rings. The van der Waals surface area contributed by atoms with Crippen molar-refractivity contribution in [3.63, 3.8) is 0 Å². The third kappa shape index (κ3) is 3.25. The molecule has 1 N–H and O–H groups in total. The normalized spacial score (nSPS) is 16.3. The van der Waals surface area contributed by atoms with Crippen LogP contribution < -0.4 is 5.32 Å². The lowest BCUT2D eigenvalue weighted by Crippen LogP contribution is -2.43. The van der Waals surface area contributed by atoms with Crippen LogP contribution in [0.15, 0.2) is 60.7 Å². The van der Waals surface area contributed by atoms with Gasteiger partial charge in [-0.05, 0) is 24.5 Å². The lowest BCUT2D eigenvalue weighted by Gasteiger charge is -2.27. The molecular weight excluding hydrogens is 324 g/mol. The van der Waals surface area contributed by atoms with Crippen molar-refractivity contribution in [2.75, 3.05) is 0 Å². The highest BCUT2D eigenvalue weighted by Gasteiger charge is 2.27. The zero-order valence-electron chi connectivity index (χ0n) is 14.8. The Labute approximate surface area is 153 Å². The molecule has 0 aliphatic carbocycles. The van der Waals surface area contributed by atoms with E-state index < -0.39 is 0 Å². The Balaban J connectivity index is 1.57. The van der Waals surface area contributed by atoms with E-state index in [2.05, 4.69) is 20.1 Å². The van der Waals surface area contributed by atoms with Gasteiger partial charge in [0.2, 0.25) is 5.91 Å². The van der Waals surface area contributed by atoms with E-state index in [-0.39, 0.29) is 17.9 Å². The smallest absolute Gasteiger partial charge is 0.232 e. The van der Waals surface area contributed by atoms with Crippen molar-refractivity contribution in [3.8, 4) is 0 Å². The molecule has 5 nitrogen and oxygen atoms in total. The van der Waals surface area contributed by atoms with Crippen LogP contribution in [0.25, 0.3) is 0 Å². The van der Waals surface area contributed by atoms with Gasteiger partial charge in [0.25, 0.3) is 0 Å². The van der Waals surface area contributed by atoms with E-state index in [4.69, 9.17) is 0 Å². The maximum Gasteiger partial charge on any atom is 0.232 e. The summed E-state index contributed by atoms with van der Waals surface area (Å²) < 4.78 is 2.11. The van der Waals surface area contributed by atoms with Gasteiger partial charge in [-0.1, -0.05) is 60.7 Å². The SMILES string of the molecule is Cc1nnc2n1CC(NC(=O)C(c1ccccc1)c1ccccc1)CC2. The molecule has 5 heteroatoms. The fourth-order valence-electron chi connectivity index (χ4n) is 3.65. The average molecular weight is 346 g/mol. The minimum Gasteiger partial charge on any atom is -0.351 e. The first-order valence-electron chi connectivity index (χ1n) is 9.01. The fraction of sp³-hybridized carbons (Fsp3) is 0.286. The molecule has 2 heterocycles. The van der Waals surface area contributed by atoms with E-state index in [1.807, 2.05) is 67.6 Å². The number of aromatic nitrogens is 3. The Morgan fingerprint density at radius 3 is 2.27 bits per heavy atom. The largest absolute Gasteiger partial charge is 0.351 e. The summed E-state index contributed by atoms with van der Waals surface area (Å²) in [5, 5.41) is 11.6. The van der Waals surface area contributed by atoms with E-state index in [1.54, 1.807) is 0 Å². The van der Waals surface area contributed by atoms with Crippen LogP contribution in [0.1, 0.15) is 35.1 Å². The van der Waals surface area contributed by atoms with Gasteiger partial charge in [0.15, 0.2) is 0 Å². The van der Waals surface area contributed by atoms with Crippen LogP contribution in [0.3, 0.4) is 0 Å². The first-order chi connectivity index (χ1) is 12.7. The third-order valence-electron chi connectivity index (χ3n) is 5.01. The molecule has 0 spiro atoms. The van der Waals surface area contributed by atoms with Gasteiger partial charge in [-0.25, -0.2) is 0 Å². The number of amides is 1. The molecule has 1 atom stereocenters. The second kappa shape index (κ2) is 7.12. The molecule has 0 bridgehead atoms. The molecule has 1 amide bonds. The first kappa shape index (κ1) is 16.5. The zero-order valence-corrected chi connectivity index (χ0v) is 14.8. The van der Waals surface area contributed by atoms with Crippen molar-refractivity contribution in [3.05, 3.63) is 83.4 Å². The summed E-state index contributed by atoms with van der Waals surface area (Å²) in [6.45, 7) is 2.69. The van der Waals surface area contributed by atoms with Crippen molar-refractivity contribution in [1.82, 2.24) is 20.1 Å². The van der Waals surface area contributed by atoms with Crippen molar-refractivity contribution < 1.29 is 4.79 Å². The Kier molecular flexibility index (Phi) is 4.52. The van der Waals surface area contributed by atoms with Gasteiger partial charge in [-0.2, -0.15) is 0 Å². The number of fused-ring (bicyclic) bond motifs is 1. The van der Waals surface area contributed by atoms with Gasteiger partial charge in [0.05, 0.1) is 5.92 Å². The number of benzene rings is 2. The predicted octanol–water partition coefficient (Wildman–Crippen LogP) is 2.85. The molecule has 1 unspecified atom stereocenters. The van der Waals surface area contributed by atoms with Crippen molar-refractivity contribution in [2.45, 2.75) is 38.3 Å². The summed E-state index contributed by atoms with van der Waals surface area (Å²) in [6.07, 6.45) is 1.73. The number of rotatable bonds is 4. The van der Waals surface area contributed by atoms with Gasteiger partial charge in [-0.3, -0.25) is 4.79 Å². The quantitative estimate of drug-likeness (QED) is 0.790. The highest BCUT2D eigenvalue weighted by molar-refractivity contribution is 5.87. The Morgan fingerprint density at radius 1 is 1.04 bits per heavy atom. The zero-order chi connectivity index (χ0) is 17.9. The summed E-state index contributed by atoms with van der Waals surface area (Å²) in [5.41, 5.74) is 2.02. The Bertz CT molecular complexity index is 849. The first-order valence-corrected chi connectivity index (χ1v) is 9.01. The standard InChI is InChI=1S/C21H22N4O/c1-15-23-24-19-13-12-18(14-25(15)19)22-21(26)20(16-8-4-2-5-9-16)17-10-6-3-7-11-17/h2-11,18,20H,12-14H2,1H3,(H,22,26). The molecule has 4 rings (SSSR count). The van der Waals surface area contributed by atoms with Gasteiger partial charge < -0.3 is 9.88 Å². The molecule has 0 radical (unpaired) electrons. The number of hydrogen-bond donors (Lipinski definition) is 1. The van der Waals surface area contributed by atoms with Crippen molar-refractivity contribution in [2.24, 2.45) is 0 Å². The van der Waals surface area contributed by atoms with E-state index in [1.165, 1.54) is 0 Å². The Morgan fingerprint density at radius 2 is 1.65 bits per heavy atom. The monoisotopic (exact) mass is 346 g/mol. The molecule has 0 saturated carbocycles. The molecule has 132 valence electrons. The third-order valence-corrected chi connectivity index (χ3v) is 5.01. The maximum absolute atomic E-state index is 13.2. The molecule has 26 heavy (non-hydrogen) atoms. The van der Waals surface area contributed by atoms with Crippen LogP contribution in [0.4, 0.5) is 0 Å². The molecule has 0 fully saturated rings. The summed E-state index contributed by atoms with van der Waals surface area (Å²) in [6, 6.07) is 20.0. The summed E-state index contributed by atoms with van der Waals surface area (Å²) in [7, 11) is 0. The number of hydrogen-bond acceptors (Lipinski definition) is 3. The van der Waals surface area contributed by atoms with Crippen LogP contribution in [0.2, 0.25) is 0 Å². The van der Waals surface area contributed by atoms with E-state index in [0.29, 0.717) is 0 Å². The topological polar surface area (TPSA) is 59.8 Å². The van der Waals surface area contributed by atoms with E-state index in [9.17, 15) is 4.79 Å². The molecule has 2 aromatic carbocycles. The average Bonchev–Trinajstić information content (AvgIpc) is 3.04. The lowest BCUT2D eigenvalue weighted by atomic mass is 9.90. The van der Waals surface area contributed by atoms with E-state index in [0.717, 1.165) is 42.2 Å². The fourth-order valence-corrected chi connectivity index (χ4v) is 3.65. The highest BCUT2D eigenvalue weighted by Crippen LogP contribution is 2.25. The second-order valence-corrected chi connectivity index (χ2v) is 6.77. The van der Waals surface area contributed by atoms with Crippen molar-refractivity contribution >= 4 is 5.91 Å². The minimum absolute atomic E-state index is 0.0431. The molecule has 1 aliphatic rings. The van der Waals surface area contributed by atoms with E-state index >= 15 is 0 Å². The van der Waals surface area contributed by atoms with Crippen molar-refractivity contribution in [1.29, 1.82) is 0 Å². The Hall–Kier alpha value is -2.95. The lowest BCUT2D eigenvalue weighted by molar-refractivity contribution is -0.122. The maximum atomic E-state index is 13.2. The molecule has 1 aromatic heterocycles. The molecule has 1 aliphatic heterocycles. The minimum atomic E-state index is -0.305. The number of nitrogens with one attached hydrogen (secondary N) is 1. The van der Waals surface area contributed by atoms with Crippen LogP contribution in [-0.4, -0.2) is 26.7 Å². The van der Waals surface area contributed by atoms with Crippen LogP contribution in [0, 0.1) is 6.92 Å². The summed E-state index contributed by atoms with van der Waals surface area (Å²) in [4.78, 5) is 13.2. The predicted molar refractivity (Wildman–Crippen MR) is 99.7 cm³/mol. The second-order valence-electron chi connectivity index (χ2n) is 6.77. The summed E-state index contributed by atoms with van der Waals surface area (Å²) in [5.74, 6) is 1.65. The highest BCUT2D eigenvalue weighted by atomic mass is 16.2. The summed E-state index contributed by atoms with van der Waals surface area (Å²) >= 11 is 0.